The van der Waals surface area contributed by atoms with Crippen LogP contribution in [0.4, 0.5) is 0 Å². The molecule has 0 aromatic heterocycles. The number of rotatable bonds is 0. The van der Waals surface area contributed by atoms with Crippen molar-refractivity contribution in [3.63, 3.8) is 0 Å². The molecule has 3 aliphatic carbocycles. The molecule has 2 bridgehead atoms. The van der Waals surface area contributed by atoms with Crippen molar-refractivity contribution in [2.75, 3.05) is 7.05 Å². The summed E-state index contributed by atoms with van der Waals surface area (Å²) in [4.78, 5) is 0. The summed E-state index contributed by atoms with van der Waals surface area (Å²) in [6.45, 7) is 2.27. The zero-order valence-electron chi connectivity index (χ0n) is 9.89. The lowest BCUT2D eigenvalue weighted by molar-refractivity contribution is 0.170. The van der Waals surface area contributed by atoms with Crippen molar-refractivity contribution in [1.82, 2.24) is 4.31 Å². The Morgan fingerprint density at radius 3 is 2.81 bits per heavy atom. The summed E-state index contributed by atoms with van der Waals surface area (Å²) in [5.41, 5.74) is 0. The molecule has 0 aromatic rings. The van der Waals surface area contributed by atoms with Gasteiger partial charge in [-0.15, -0.1) is 0 Å². The van der Waals surface area contributed by atoms with Crippen LogP contribution >= 0.6 is 0 Å². The predicted molar refractivity (Wildman–Crippen MR) is 61.3 cm³/mol. The van der Waals surface area contributed by atoms with E-state index in [1.165, 1.54) is 6.42 Å². The first-order chi connectivity index (χ1) is 7.52. The molecule has 0 radical (unpaired) electrons. The monoisotopic (exact) mass is 241 g/mol. The zero-order chi connectivity index (χ0) is 11.3. The topological polar surface area (TPSA) is 37.4 Å². The van der Waals surface area contributed by atoms with Gasteiger partial charge in [0.1, 0.15) is 0 Å². The number of fused-ring (bicyclic) bond motifs is 2. The van der Waals surface area contributed by atoms with Crippen molar-refractivity contribution in [1.29, 1.82) is 0 Å². The minimum absolute atomic E-state index is 0.316. The van der Waals surface area contributed by atoms with E-state index in [2.05, 4.69) is 6.92 Å². The Morgan fingerprint density at radius 2 is 2.06 bits per heavy atom. The summed E-state index contributed by atoms with van der Waals surface area (Å²) in [6, 6.07) is 0.323. The average molecular weight is 241 g/mol. The Morgan fingerprint density at radius 1 is 1.31 bits per heavy atom. The van der Waals surface area contributed by atoms with E-state index in [9.17, 15) is 8.42 Å². The van der Waals surface area contributed by atoms with Crippen molar-refractivity contribution < 1.29 is 8.42 Å². The van der Waals surface area contributed by atoms with Crippen molar-refractivity contribution in [2.45, 2.75) is 43.4 Å². The average Bonchev–Trinajstić information content (AvgIpc) is 2.85. The highest BCUT2D eigenvalue weighted by Gasteiger charge is 2.77. The van der Waals surface area contributed by atoms with E-state index in [1.807, 2.05) is 7.05 Å². The van der Waals surface area contributed by atoms with E-state index in [0.717, 1.165) is 19.3 Å². The van der Waals surface area contributed by atoms with E-state index in [1.54, 1.807) is 4.31 Å². The highest BCUT2D eigenvalue weighted by Crippen LogP contribution is 2.71. The molecule has 3 nitrogen and oxygen atoms in total. The lowest BCUT2D eigenvalue weighted by atomic mass is 9.73. The quantitative estimate of drug-likeness (QED) is 0.644. The Kier molecular flexibility index (Phi) is 1.55. The molecule has 0 aromatic carbocycles. The second-order valence-electron chi connectivity index (χ2n) is 6.33. The van der Waals surface area contributed by atoms with Gasteiger partial charge in [-0.25, -0.2) is 12.7 Å². The minimum Gasteiger partial charge on any atom is -0.212 e. The molecule has 4 heteroatoms. The molecule has 90 valence electrons. The summed E-state index contributed by atoms with van der Waals surface area (Å²) in [5.74, 6) is 2.22. The van der Waals surface area contributed by atoms with Crippen LogP contribution in [0.25, 0.3) is 0 Å². The molecule has 0 amide bonds. The van der Waals surface area contributed by atoms with Crippen LogP contribution in [0.2, 0.25) is 0 Å². The van der Waals surface area contributed by atoms with E-state index < -0.39 is 10.0 Å². The molecule has 1 spiro atoms. The van der Waals surface area contributed by atoms with Gasteiger partial charge in [-0.3, -0.25) is 0 Å². The number of nitrogens with zero attached hydrogens (tertiary/aromatic N) is 1. The SMILES string of the molecule is CC1C2CC3C1N(C)S(=O)(=O)C31CCCC21. The van der Waals surface area contributed by atoms with Crippen LogP contribution in [0.1, 0.15) is 32.6 Å². The molecule has 3 saturated carbocycles. The van der Waals surface area contributed by atoms with Gasteiger partial charge in [-0.2, -0.15) is 0 Å². The molecule has 6 unspecified atom stereocenters. The first kappa shape index (κ1) is 9.89. The molecule has 4 aliphatic rings. The van der Waals surface area contributed by atoms with E-state index in [-0.39, 0.29) is 4.75 Å². The van der Waals surface area contributed by atoms with Gasteiger partial charge >= 0.3 is 0 Å². The Hall–Kier alpha value is -0.0900. The molecule has 4 rings (SSSR count). The number of hydrogen-bond acceptors (Lipinski definition) is 2. The summed E-state index contributed by atoms with van der Waals surface area (Å²) in [7, 11) is -1.19. The molecule has 0 N–H and O–H groups in total. The third-order valence-corrected chi connectivity index (χ3v) is 9.06. The number of hydrogen-bond donors (Lipinski definition) is 0. The molecule has 16 heavy (non-hydrogen) atoms. The van der Waals surface area contributed by atoms with Gasteiger partial charge < -0.3 is 0 Å². The Labute approximate surface area is 97.3 Å². The van der Waals surface area contributed by atoms with Gasteiger partial charge in [0, 0.05) is 13.1 Å². The van der Waals surface area contributed by atoms with Gasteiger partial charge in [0.15, 0.2) is 0 Å². The first-order valence-corrected chi connectivity index (χ1v) is 7.93. The van der Waals surface area contributed by atoms with Crippen LogP contribution in [0.5, 0.6) is 0 Å². The van der Waals surface area contributed by atoms with Crippen molar-refractivity contribution >= 4 is 10.0 Å². The first-order valence-electron chi connectivity index (χ1n) is 6.49. The molecular formula is C12H19NO2S. The fourth-order valence-corrected chi connectivity index (χ4v) is 8.77. The van der Waals surface area contributed by atoms with Gasteiger partial charge in [-0.1, -0.05) is 13.3 Å². The van der Waals surface area contributed by atoms with E-state index in [4.69, 9.17) is 0 Å². The number of sulfonamides is 1. The second kappa shape index (κ2) is 2.51. The van der Waals surface area contributed by atoms with Gasteiger partial charge in [-0.05, 0) is 42.9 Å². The Balaban J connectivity index is 2.01. The van der Waals surface area contributed by atoms with E-state index in [0.29, 0.717) is 29.7 Å². The van der Waals surface area contributed by atoms with Gasteiger partial charge in [0.25, 0.3) is 0 Å². The maximum absolute atomic E-state index is 12.7. The normalized spacial score (nSPS) is 61.8. The molecule has 1 saturated heterocycles. The fourth-order valence-electron chi connectivity index (χ4n) is 5.88. The third-order valence-electron chi connectivity index (χ3n) is 6.29. The van der Waals surface area contributed by atoms with Crippen LogP contribution in [0.3, 0.4) is 0 Å². The molecule has 6 atom stereocenters. The molecule has 1 heterocycles. The van der Waals surface area contributed by atoms with E-state index >= 15 is 0 Å². The highest BCUT2D eigenvalue weighted by atomic mass is 32.2. The standard InChI is InChI=1S/C12H19NO2S/c1-7-8-6-10-11(7)13(2)16(14,15)12(10)5-3-4-9(8)12/h7-11H,3-6H2,1-2H3. The lowest BCUT2D eigenvalue weighted by Crippen LogP contribution is -2.44. The summed E-state index contributed by atoms with van der Waals surface area (Å²) in [5, 5.41) is 0. The zero-order valence-corrected chi connectivity index (χ0v) is 10.7. The molecule has 4 fully saturated rings. The summed E-state index contributed by atoms with van der Waals surface area (Å²) >= 11 is 0. The van der Waals surface area contributed by atoms with Crippen molar-refractivity contribution in [3.8, 4) is 0 Å². The van der Waals surface area contributed by atoms with Gasteiger partial charge in [0.05, 0.1) is 4.75 Å². The van der Waals surface area contributed by atoms with Crippen LogP contribution in [-0.4, -0.2) is 30.6 Å². The maximum atomic E-state index is 12.7. The van der Waals surface area contributed by atoms with Gasteiger partial charge in [0.2, 0.25) is 10.0 Å². The fraction of sp³-hybridized carbons (Fsp3) is 1.00. The van der Waals surface area contributed by atoms with Crippen LogP contribution in [-0.2, 0) is 10.0 Å². The van der Waals surface area contributed by atoms with Crippen LogP contribution in [0, 0.1) is 23.7 Å². The smallest absolute Gasteiger partial charge is 0.212 e. The summed E-state index contributed by atoms with van der Waals surface area (Å²) in [6.07, 6.45) is 4.41. The van der Waals surface area contributed by atoms with Crippen LogP contribution in [0.15, 0.2) is 0 Å². The highest BCUT2D eigenvalue weighted by molar-refractivity contribution is 7.90. The Bertz CT molecular complexity index is 460. The van der Waals surface area contributed by atoms with Crippen molar-refractivity contribution in [2.24, 2.45) is 23.7 Å². The third kappa shape index (κ3) is 0.691. The predicted octanol–water partition coefficient (Wildman–Crippen LogP) is 1.45. The summed E-state index contributed by atoms with van der Waals surface area (Å²) < 4.78 is 26.8. The largest absolute Gasteiger partial charge is 0.220 e. The molecular weight excluding hydrogens is 222 g/mol. The molecule has 1 aliphatic heterocycles. The van der Waals surface area contributed by atoms with Crippen LogP contribution < -0.4 is 0 Å². The van der Waals surface area contributed by atoms with Crippen molar-refractivity contribution in [3.05, 3.63) is 0 Å². The maximum Gasteiger partial charge on any atom is 0.220 e. The minimum atomic E-state index is -3.01. The lowest BCUT2D eigenvalue weighted by Gasteiger charge is -2.35. The second-order valence-corrected chi connectivity index (χ2v) is 8.62.